The quantitative estimate of drug-likeness (QED) is 0.838. The summed E-state index contributed by atoms with van der Waals surface area (Å²) in [6.45, 7) is 5.47. The van der Waals surface area contributed by atoms with Gasteiger partial charge in [-0.2, -0.15) is 0 Å². The molecule has 1 saturated heterocycles. The van der Waals surface area contributed by atoms with Crippen molar-refractivity contribution in [3.63, 3.8) is 0 Å². The molecule has 0 radical (unpaired) electrons. The average Bonchev–Trinajstić information content (AvgIpc) is 2.80. The number of rotatable bonds is 5. The minimum atomic E-state index is -0.754. The van der Waals surface area contributed by atoms with Crippen molar-refractivity contribution in [2.45, 2.75) is 51.2 Å². The van der Waals surface area contributed by atoms with E-state index in [1.54, 1.807) is 38.1 Å². The van der Waals surface area contributed by atoms with E-state index in [2.05, 4.69) is 5.32 Å². The summed E-state index contributed by atoms with van der Waals surface area (Å²) in [6, 6.07) is 8.29. The van der Waals surface area contributed by atoms with Gasteiger partial charge in [0.15, 0.2) is 5.79 Å². The molecule has 0 aromatic heterocycles. The van der Waals surface area contributed by atoms with Gasteiger partial charge in [0, 0.05) is 5.56 Å². The van der Waals surface area contributed by atoms with Gasteiger partial charge in [0.1, 0.15) is 6.10 Å². The molecule has 23 heavy (non-hydrogen) atoms. The molecule has 1 aromatic rings. The van der Waals surface area contributed by atoms with Crippen LogP contribution in [0.25, 0.3) is 0 Å². The summed E-state index contributed by atoms with van der Waals surface area (Å²) in [4.78, 5) is 24.1. The number of carbonyl (C=O) groups excluding carboxylic acids is 2. The molecule has 0 saturated carbocycles. The third kappa shape index (κ3) is 4.53. The summed E-state index contributed by atoms with van der Waals surface area (Å²) in [7, 11) is 1.32. The Hall–Kier alpha value is -1.92. The van der Waals surface area contributed by atoms with Crippen LogP contribution in [0, 0.1) is 0 Å². The molecule has 1 aliphatic heterocycles. The second-order valence-electron chi connectivity index (χ2n) is 6.03. The maximum atomic E-state index is 12.4. The Balaban J connectivity index is 2.14. The van der Waals surface area contributed by atoms with E-state index in [4.69, 9.17) is 14.2 Å². The summed E-state index contributed by atoms with van der Waals surface area (Å²) < 4.78 is 16.3. The maximum Gasteiger partial charge on any atom is 0.307 e. The van der Waals surface area contributed by atoms with Crippen LogP contribution < -0.4 is 5.32 Å². The zero-order chi connectivity index (χ0) is 17.0. The monoisotopic (exact) mass is 321 g/mol. The standard InChI is InChI=1S/C17H23NO5/c1-11-15(23-17(2,3)22-11)13(10-14(19)21-4)18-16(20)12-8-6-5-7-9-12/h5-9,11,13,15H,10H2,1-4H3,(H,18,20). The molecule has 0 spiro atoms. The van der Waals surface area contributed by atoms with Crippen LogP contribution in [0.3, 0.4) is 0 Å². The molecule has 1 amide bonds. The molecule has 1 aliphatic rings. The predicted octanol–water partition coefficient (Wildman–Crippen LogP) is 1.89. The summed E-state index contributed by atoms with van der Waals surface area (Å²) in [5.74, 6) is -1.43. The average molecular weight is 321 g/mol. The number of nitrogens with one attached hydrogen (secondary N) is 1. The van der Waals surface area contributed by atoms with Gasteiger partial charge in [-0.3, -0.25) is 9.59 Å². The molecule has 1 fully saturated rings. The Labute approximate surface area is 136 Å². The molecule has 6 heteroatoms. The number of hydrogen-bond donors (Lipinski definition) is 1. The first-order valence-electron chi connectivity index (χ1n) is 7.61. The molecule has 0 aliphatic carbocycles. The van der Waals surface area contributed by atoms with E-state index in [1.165, 1.54) is 7.11 Å². The molecule has 126 valence electrons. The number of ether oxygens (including phenoxy) is 3. The van der Waals surface area contributed by atoms with E-state index in [9.17, 15) is 9.59 Å². The molecule has 0 bridgehead atoms. The van der Waals surface area contributed by atoms with Crippen molar-refractivity contribution in [3.8, 4) is 0 Å². The van der Waals surface area contributed by atoms with Gasteiger partial charge in [0.2, 0.25) is 0 Å². The van der Waals surface area contributed by atoms with Crippen LogP contribution >= 0.6 is 0 Å². The fraction of sp³-hybridized carbons (Fsp3) is 0.529. The Morgan fingerprint density at radius 3 is 2.43 bits per heavy atom. The van der Waals surface area contributed by atoms with Gasteiger partial charge < -0.3 is 19.5 Å². The van der Waals surface area contributed by atoms with Crippen molar-refractivity contribution in [3.05, 3.63) is 35.9 Å². The molecule has 1 N–H and O–H groups in total. The minimum Gasteiger partial charge on any atom is -0.469 e. The zero-order valence-electron chi connectivity index (χ0n) is 13.9. The third-order valence-corrected chi connectivity index (χ3v) is 3.72. The van der Waals surface area contributed by atoms with Gasteiger partial charge in [0.05, 0.1) is 25.7 Å². The lowest BCUT2D eigenvalue weighted by Crippen LogP contribution is -2.48. The van der Waals surface area contributed by atoms with Crippen molar-refractivity contribution in [1.29, 1.82) is 0 Å². The first kappa shape index (κ1) is 17.4. The number of esters is 1. The van der Waals surface area contributed by atoms with Gasteiger partial charge in [0.25, 0.3) is 5.91 Å². The van der Waals surface area contributed by atoms with Crippen LogP contribution in [0.4, 0.5) is 0 Å². The smallest absolute Gasteiger partial charge is 0.307 e. The number of hydrogen-bond acceptors (Lipinski definition) is 5. The molecule has 1 heterocycles. The molecular weight excluding hydrogens is 298 g/mol. The maximum absolute atomic E-state index is 12.4. The fourth-order valence-electron chi connectivity index (χ4n) is 2.73. The van der Waals surface area contributed by atoms with E-state index in [1.807, 2.05) is 13.0 Å². The SMILES string of the molecule is COC(=O)CC(NC(=O)c1ccccc1)C1OC(C)(C)OC1C. The lowest BCUT2D eigenvalue weighted by molar-refractivity contribution is -0.151. The number of carbonyl (C=O) groups is 2. The van der Waals surface area contributed by atoms with E-state index in [0.29, 0.717) is 5.56 Å². The van der Waals surface area contributed by atoms with Crippen molar-refractivity contribution < 1.29 is 23.8 Å². The molecule has 1 aromatic carbocycles. The first-order valence-corrected chi connectivity index (χ1v) is 7.61. The molecule has 3 unspecified atom stereocenters. The van der Waals surface area contributed by atoms with Crippen molar-refractivity contribution >= 4 is 11.9 Å². The fourth-order valence-corrected chi connectivity index (χ4v) is 2.73. The van der Waals surface area contributed by atoms with E-state index in [0.717, 1.165) is 0 Å². The first-order chi connectivity index (χ1) is 10.8. The van der Waals surface area contributed by atoms with Crippen molar-refractivity contribution in [2.75, 3.05) is 7.11 Å². The van der Waals surface area contributed by atoms with E-state index < -0.39 is 23.9 Å². The van der Waals surface area contributed by atoms with Crippen molar-refractivity contribution in [1.82, 2.24) is 5.32 Å². The predicted molar refractivity (Wildman–Crippen MR) is 83.8 cm³/mol. The summed E-state index contributed by atoms with van der Waals surface area (Å²) in [6.07, 6.45) is -0.670. The number of methoxy groups -OCH3 is 1. The number of benzene rings is 1. The van der Waals surface area contributed by atoms with Gasteiger partial charge in [-0.15, -0.1) is 0 Å². The largest absolute Gasteiger partial charge is 0.469 e. The van der Waals surface area contributed by atoms with E-state index >= 15 is 0 Å². The lowest BCUT2D eigenvalue weighted by Gasteiger charge is -2.26. The zero-order valence-corrected chi connectivity index (χ0v) is 13.9. The minimum absolute atomic E-state index is 0.0174. The number of amides is 1. The van der Waals surface area contributed by atoms with Gasteiger partial charge in [-0.1, -0.05) is 18.2 Å². The molecule has 6 nitrogen and oxygen atoms in total. The summed E-state index contributed by atoms with van der Waals surface area (Å²) in [5.41, 5.74) is 0.521. The normalized spacial score (nSPS) is 24.0. The highest BCUT2D eigenvalue weighted by molar-refractivity contribution is 5.94. The Kier molecular flexibility index (Phi) is 5.38. The molecule has 3 atom stereocenters. The van der Waals surface area contributed by atoms with Crippen LogP contribution in [-0.2, 0) is 19.0 Å². The van der Waals surface area contributed by atoms with Crippen LogP contribution in [0.1, 0.15) is 37.6 Å². The molecular formula is C17H23NO5. The molecule has 2 rings (SSSR count). The van der Waals surface area contributed by atoms with Gasteiger partial charge >= 0.3 is 5.97 Å². The Morgan fingerprint density at radius 2 is 1.91 bits per heavy atom. The Bertz CT molecular complexity index is 557. The van der Waals surface area contributed by atoms with E-state index in [-0.39, 0.29) is 18.4 Å². The summed E-state index contributed by atoms with van der Waals surface area (Å²) >= 11 is 0. The van der Waals surface area contributed by atoms with Crippen LogP contribution in [-0.4, -0.2) is 43.0 Å². The Morgan fingerprint density at radius 1 is 1.26 bits per heavy atom. The van der Waals surface area contributed by atoms with Crippen LogP contribution in [0.15, 0.2) is 30.3 Å². The topological polar surface area (TPSA) is 73.9 Å². The third-order valence-electron chi connectivity index (χ3n) is 3.72. The van der Waals surface area contributed by atoms with Gasteiger partial charge in [-0.05, 0) is 32.9 Å². The highest BCUT2D eigenvalue weighted by Gasteiger charge is 2.44. The second-order valence-corrected chi connectivity index (χ2v) is 6.03. The highest BCUT2D eigenvalue weighted by atomic mass is 16.8. The second kappa shape index (κ2) is 7.10. The summed E-state index contributed by atoms with van der Waals surface area (Å²) in [5, 5.41) is 2.86. The van der Waals surface area contributed by atoms with Crippen LogP contribution in [0.2, 0.25) is 0 Å². The van der Waals surface area contributed by atoms with Crippen molar-refractivity contribution in [2.24, 2.45) is 0 Å². The van der Waals surface area contributed by atoms with Gasteiger partial charge in [-0.25, -0.2) is 0 Å². The highest BCUT2D eigenvalue weighted by Crippen LogP contribution is 2.30. The van der Waals surface area contributed by atoms with Crippen LogP contribution in [0.5, 0.6) is 0 Å². The lowest BCUT2D eigenvalue weighted by atomic mass is 10.0.